The Bertz CT molecular complexity index is 27.2. The van der Waals surface area contributed by atoms with E-state index in [1.165, 1.54) is 0 Å². The highest BCUT2D eigenvalue weighted by Crippen LogP contribution is 2.06. The molecule has 0 fully saturated rings. The van der Waals surface area contributed by atoms with Crippen molar-refractivity contribution in [3.63, 3.8) is 0 Å². The molecule has 0 rings (SSSR count). The van der Waals surface area contributed by atoms with Crippen LogP contribution in [0.15, 0.2) is 0 Å². The Hall–Kier alpha value is 0.135. The lowest BCUT2D eigenvalue weighted by Crippen LogP contribution is -2.02. The van der Waals surface area contributed by atoms with Crippen LogP contribution in [-0.4, -0.2) is 13.5 Å². The number of hydrogen-bond donors (Lipinski definition) is 0. The molecule has 0 atom stereocenters. The summed E-state index contributed by atoms with van der Waals surface area (Å²) >= 11 is 2.97. The molecule has 0 N–H and O–H groups in total. The maximum absolute atomic E-state index is 9.75. The Balaban J connectivity index is 0. The van der Waals surface area contributed by atoms with E-state index in [9.17, 15) is 17.3 Å². The summed E-state index contributed by atoms with van der Waals surface area (Å²) in [5.41, 5.74) is 0. The Labute approximate surface area is 44.4 Å². The van der Waals surface area contributed by atoms with Gasteiger partial charge in [-0.05, 0) is 12.6 Å². The van der Waals surface area contributed by atoms with Gasteiger partial charge in [-0.2, -0.15) is 0 Å². The van der Waals surface area contributed by atoms with E-state index in [4.69, 9.17) is 0 Å². The van der Waals surface area contributed by atoms with Gasteiger partial charge in [-0.1, -0.05) is 0 Å². The summed E-state index contributed by atoms with van der Waals surface area (Å²) in [7, 11) is -6.00. The minimum atomic E-state index is -6.00. The van der Waals surface area contributed by atoms with Gasteiger partial charge in [0, 0.05) is 0 Å². The lowest BCUT2D eigenvalue weighted by molar-refractivity contribution is 0.368. The van der Waals surface area contributed by atoms with Gasteiger partial charge in [-0.3, -0.25) is 0 Å². The number of halogens is 4. The normalized spacial score (nSPS) is 9.43. The first-order chi connectivity index (χ1) is 3.00. The highest BCUT2D eigenvalue weighted by Gasteiger charge is 2.20. The maximum Gasteiger partial charge on any atom is 0.673 e. The average Bonchev–Trinajstić information content (AvgIpc) is 1.36. The van der Waals surface area contributed by atoms with Gasteiger partial charge in [-0.25, -0.2) is 0 Å². The molecule has 7 heavy (non-hydrogen) atoms. The van der Waals surface area contributed by atoms with E-state index < -0.39 is 7.25 Å². The van der Waals surface area contributed by atoms with Crippen LogP contribution in [0.5, 0.6) is 0 Å². The van der Waals surface area contributed by atoms with Crippen LogP contribution >= 0.6 is 0 Å². The second kappa shape index (κ2) is 4.30. The van der Waals surface area contributed by atoms with Crippen molar-refractivity contribution in [2.45, 2.75) is 0 Å². The smallest absolute Gasteiger partial charge is 0.418 e. The van der Waals surface area contributed by atoms with Crippen molar-refractivity contribution in [1.29, 1.82) is 0 Å². The van der Waals surface area contributed by atoms with Crippen LogP contribution in [0.4, 0.5) is 17.3 Å². The fraction of sp³-hybridized carbons (Fsp3) is 1.00. The van der Waals surface area contributed by atoms with E-state index in [0.29, 0.717) is 0 Å². The summed E-state index contributed by atoms with van der Waals surface area (Å²) in [5, 5.41) is 0. The number of hydrogen-bond acceptors (Lipinski definition) is 0. The zero-order valence-electron chi connectivity index (χ0n) is 3.59. The van der Waals surface area contributed by atoms with E-state index in [1.807, 2.05) is 0 Å². The standard InChI is InChI=1S/CH4S.BF4/c1-2;2-1(3,4)5/h2H,1H3;/q;-1/p+1. The molecule has 0 aliphatic rings. The summed E-state index contributed by atoms with van der Waals surface area (Å²) in [6.45, 7) is 0. The SMILES string of the molecule is C[SH2+].F[B-](F)(F)F. The van der Waals surface area contributed by atoms with E-state index in [-0.39, 0.29) is 0 Å². The first-order valence-electron chi connectivity index (χ1n) is 1.37. The molecule has 0 aromatic carbocycles. The third-order valence-corrected chi connectivity index (χ3v) is 0. The Morgan fingerprint density at radius 1 is 1.00 bits per heavy atom. The molecule has 0 aromatic heterocycles. The fourth-order valence-corrected chi connectivity index (χ4v) is 0. The molecule has 0 bridgehead atoms. The predicted octanol–water partition coefficient (Wildman–Crippen LogP) is 0.928. The average molecular weight is 136 g/mol. The van der Waals surface area contributed by atoms with Crippen LogP contribution in [0.3, 0.4) is 0 Å². The molecule has 0 spiro atoms. The minimum absolute atomic E-state index is 1.81. The maximum atomic E-state index is 9.75. The molecule has 0 aromatic rings. The third-order valence-electron chi connectivity index (χ3n) is 0. The molecule has 0 unspecified atom stereocenters. The van der Waals surface area contributed by atoms with Gasteiger partial charge in [0.1, 0.15) is 0 Å². The fourth-order valence-electron chi connectivity index (χ4n) is 0. The van der Waals surface area contributed by atoms with Crippen LogP contribution < -0.4 is 0 Å². The largest absolute Gasteiger partial charge is 0.673 e. The molecule has 0 heterocycles. The van der Waals surface area contributed by atoms with Crippen LogP contribution in [-0.2, 0) is 12.6 Å². The van der Waals surface area contributed by atoms with Crippen molar-refractivity contribution in [2.24, 2.45) is 0 Å². The lowest BCUT2D eigenvalue weighted by atomic mass is 10.3. The summed E-state index contributed by atoms with van der Waals surface area (Å²) < 4.78 is 39.0. The summed E-state index contributed by atoms with van der Waals surface area (Å²) in [5.74, 6) is 0. The lowest BCUT2D eigenvalue weighted by Gasteiger charge is -1.94. The van der Waals surface area contributed by atoms with Crippen molar-refractivity contribution in [3.8, 4) is 0 Å². The molecule has 6 heteroatoms. The Morgan fingerprint density at radius 2 is 1.00 bits per heavy atom. The first-order valence-corrected chi connectivity index (χ1v) is 2.37. The first kappa shape index (κ1) is 10.2. The van der Waals surface area contributed by atoms with Gasteiger partial charge in [0.15, 0.2) is 0 Å². The van der Waals surface area contributed by atoms with Crippen molar-refractivity contribution < 1.29 is 17.3 Å². The van der Waals surface area contributed by atoms with Crippen LogP contribution in [0.25, 0.3) is 0 Å². The van der Waals surface area contributed by atoms with Crippen molar-refractivity contribution in [3.05, 3.63) is 0 Å². The van der Waals surface area contributed by atoms with Crippen LogP contribution in [0.2, 0.25) is 0 Å². The van der Waals surface area contributed by atoms with Crippen molar-refractivity contribution in [1.82, 2.24) is 0 Å². The molecule has 0 amide bonds. The van der Waals surface area contributed by atoms with E-state index in [1.54, 1.807) is 6.26 Å². The highest BCUT2D eigenvalue weighted by atomic mass is 32.1. The zero-order valence-corrected chi connectivity index (χ0v) is 4.59. The van der Waals surface area contributed by atoms with Gasteiger partial charge in [0.25, 0.3) is 0 Å². The van der Waals surface area contributed by atoms with Gasteiger partial charge in [0.05, 0.1) is 6.26 Å². The predicted molar refractivity (Wildman–Crippen MR) is 26.3 cm³/mol. The second-order valence-electron chi connectivity index (χ2n) is 0.495. The Kier molecular flexibility index (Phi) is 6.25. The van der Waals surface area contributed by atoms with Crippen molar-refractivity contribution >= 4 is 19.9 Å². The molecular formula is CH5BF4S. The minimum Gasteiger partial charge on any atom is -0.418 e. The topological polar surface area (TPSA) is 0 Å². The molecule has 0 saturated carbocycles. The van der Waals surface area contributed by atoms with Gasteiger partial charge < -0.3 is 17.3 Å². The second-order valence-corrected chi connectivity index (χ2v) is 0.495. The van der Waals surface area contributed by atoms with E-state index >= 15 is 0 Å². The van der Waals surface area contributed by atoms with Crippen molar-refractivity contribution in [2.75, 3.05) is 6.26 Å². The molecule has 0 nitrogen and oxygen atoms in total. The van der Waals surface area contributed by atoms with Crippen LogP contribution in [0.1, 0.15) is 0 Å². The van der Waals surface area contributed by atoms with Gasteiger partial charge >= 0.3 is 7.25 Å². The third kappa shape index (κ3) is 5760. The summed E-state index contributed by atoms with van der Waals surface area (Å²) in [6.07, 6.45) is 1.81. The Morgan fingerprint density at radius 3 is 1.00 bits per heavy atom. The summed E-state index contributed by atoms with van der Waals surface area (Å²) in [6, 6.07) is 0. The highest BCUT2D eigenvalue weighted by molar-refractivity contribution is 7.57. The van der Waals surface area contributed by atoms with E-state index in [0.717, 1.165) is 0 Å². The molecule has 0 radical (unpaired) electrons. The van der Waals surface area contributed by atoms with Crippen LogP contribution in [0, 0.1) is 0 Å². The molecule has 0 aliphatic heterocycles. The molecule has 46 valence electrons. The number of rotatable bonds is 0. The zero-order chi connectivity index (χ0) is 6.50. The van der Waals surface area contributed by atoms with Gasteiger partial charge in [-0.15, -0.1) is 0 Å². The quantitative estimate of drug-likeness (QED) is 0.264. The monoisotopic (exact) mass is 136 g/mol. The van der Waals surface area contributed by atoms with E-state index in [2.05, 4.69) is 12.6 Å². The molecular weight excluding hydrogens is 131 g/mol. The summed E-state index contributed by atoms with van der Waals surface area (Å²) in [4.78, 5) is 0. The molecule has 0 aliphatic carbocycles. The van der Waals surface area contributed by atoms with Gasteiger partial charge in [0.2, 0.25) is 0 Å². The molecule has 0 saturated heterocycles.